The van der Waals surface area contributed by atoms with Gasteiger partial charge in [0.2, 0.25) is 5.95 Å². The van der Waals surface area contributed by atoms with Crippen molar-refractivity contribution in [1.29, 1.82) is 0 Å². The predicted octanol–water partition coefficient (Wildman–Crippen LogP) is 1.05. The number of hydrogen-bond donors (Lipinski definition) is 0. The highest BCUT2D eigenvalue weighted by molar-refractivity contribution is 5.23. The third-order valence-corrected chi connectivity index (χ3v) is 2.07. The van der Waals surface area contributed by atoms with E-state index in [0.29, 0.717) is 0 Å². The molecule has 1 aliphatic rings. The monoisotopic (exact) mass is 140 g/mol. The molecule has 0 bridgehead atoms. The van der Waals surface area contributed by atoms with Crippen molar-refractivity contribution < 1.29 is 4.39 Å². The van der Waals surface area contributed by atoms with Crippen LogP contribution in [-0.2, 0) is 19.9 Å². The Bertz CT molecular complexity index is 240. The van der Waals surface area contributed by atoms with E-state index in [1.807, 2.05) is 0 Å². The molecule has 0 atom stereocenters. The van der Waals surface area contributed by atoms with Crippen molar-refractivity contribution in [2.45, 2.75) is 19.3 Å². The molecule has 0 spiro atoms. The molecule has 54 valence electrons. The Kier molecular flexibility index (Phi) is 1.07. The Hall–Kier alpha value is -0.860. The standard InChI is InChI=1S/C7H9FN2/c1-10-6-4-2-3-5(6)7(8)9-10/h2-4H2,1H3. The van der Waals surface area contributed by atoms with Gasteiger partial charge >= 0.3 is 0 Å². The summed E-state index contributed by atoms with van der Waals surface area (Å²) in [4.78, 5) is 0. The van der Waals surface area contributed by atoms with Crippen molar-refractivity contribution >= 4 is 0 Å². The SMILES string of the molecule is Cn1nc(F)c2c1CCC2. The van der Waals surface area contributed by atoms with Gasteiger partial charge in [0.05, 0.1) is 0 Å². The van der Waals surface area contributed by atoms with E-state index in [-0.39, 0.29) is 5.95 Å². The van der Waals surface area contributed by atoms with Crippen molar-refractivity contribution in [2.75, 3.05) is 0 Å². The number of fused-ring (bicyclic) bond motifs is 1. The second-order valence-corrected chi connectivity index (χ2v) is 2.69. The molecular formula is C7H9FN2. The molecule has 0 saturated carbocycles. The smallest absolute Gasteiger partial charge is 0.236 e. The van der Waals surface area contributed by atoms with E-state index in [1.165, 1.54) is 0 Å². The second-order valence-electron chi connectivity index (χ2n) is 2.69. The number of aryl methyl sites for hydroxylation is 1. The molecule has 0 fully saturated rings. The molecule has 1 heterocycles. The molecule has 3 heteroatoms. The molecule has 0 radical (unpaired) electrons. The highest BCUT2D eigenvalue weighted by Gasteiger charge is 2.20. The summed E-state index contributed by atoms with van der Waals surface area (Å²) in [6.45, 7) is 0. The second kappa shape index (κ2) is 1.81. The summed E-state index contributed by atoms with van der Waals surface area (Å²) in [6.07, 6.45) is 2.94. The van der Waals surface area contributed by atoms with Crippen LogP contribution in [0.15, 0.2) is 0 Å². The maximum atomic E-state index is 12.8. The van der Waals surface area contributed by atoms with E-state index >= 15 is 0 Å². The highest BCUT2D eigenvalue weighted by Crippen LogP contribution is 2.22. The summed E-state index contributed by atoms with van der Waals surface area (Å²) < 4.78 is 14.4. The Labute approximate surface area is 58.7 Å². The zero-order valence-corrected chi connectivity index (χ0v) is 5.89. The topological polar surface area (TPSA) is 17.8 Å². The molecule has 0 amide bonds. The van der Waals surface area contributed by atoms with Crippen LogP contribution in [0.1, 0.15) is 17.7 Å². The van der Waals surface area contributed by atoms with Crippen LogP contribution in [0.5, 0.6) is 0 Å². The predicted molar refractivity (Wildman–Crippen MR) is 35.2 cm³/mol. The Balaban J connectivity index is 2.61. The Morgan fingerprint density at radius 2 is 2.30 bits per heavy atom. The van der Waals surface area contributed by atoms with Crippen molar-refractivity contribution in [2.24, 2.45) is 7.05 Å². The largest absolute Gasteiger partial charge is 0.269 e. The molecule has 1 aromatic rings. The van der Waals surface area contributed by atoms with E-state index in [4.69, 9.17) is 0 Å². The van der Waals surface area contributed by atoms with E-state index in [0.717, 1.165) is 30.5 Å². The van der Waals surface area contributed by atoms with Gasteiger partial charge in [0, 0.05) is 18.3 Å². The molecule has 0 aromatic carbocycles. The lowest BCUT2D eigenvalue weighted by Gasteiger charge is -1.91. The lowest BCUT2D eigenvalue weighted by molar-refractivity contribution is 0.536. The molecular weight excluding hydrogens is 131 g/mol. The lowest BCUT2D eigenvalue weighted by Crippen LogP contribution is -1.95. The first kappa shape index (κ1) is 5.89. The fourth-order valence-corrected chi connectivity index (χ4v) is 1.56. The van der Waals surface area contributed by atoms with E-state index < -0.39 is 0 Å². The molecule has 1 aliphatic carbocycles. The van der Waals surface area contributed by atoms with E-state index in [1.54, 1.807) is 11.7 Å². The van der Waals surface area contributed by atoms with Gasteiger partial charge < -0.3 is 0 Å². The molecule has 1 aromatic heterocycles. The molecule has 2 rings (SSSR count). The summed E-state index contributed by atoms with van der Waals surface area (Å²) in [5.41, 5.74) is 1.92. The molecule has 0 aliphatic heterocycles. The summed E-state index contributed by atoms with van der Waals surface area (Å²) in [6, 6.07) is 0. The Morgan fingerprint density at radius 1 is 1.50 bits per heavy atom. The minimum atomic E-state index is -0.269. The summed E-state index contributed by atoms with van der Waals surface area (Å²) in [5, 5.41) is 3.68. The van der Waals surface area contributed by atoms with Gasteiger partial charge in [-0.2, -0.15) is 4.39 Å². The summed E-state index contributed by atoms with van der Waals surface area (Å²) >= 11 is 0. The Morgan fingerprint density at radius 3 is 3.00 bits per heavy atom. The minimum absolute atomic E-state index is 0.269. The van der Waals surface area contributed by atoms with Gasteiger partial charge in [-0.1, -0.05) is 0 Å². The number of nitrogens with zero attached hydrogens (tertiary/aromatic N) is 2. The van der Waals surface area contributed by atoms with Gasteiger partial charge in [0.25, 0.3) is 0 Å². The van der Waals surface area contributed by atoms with Crippen LogP contribution in [-0.4, -0.2) is 9.78 Å². The van der Waals surface area contributed by atoms with Crippen LogP contribution < -0.4 is 0 Å². The van der Waals surface area contributed by atoms with Crippen LogP contribution in [0.3, 0.4) is 0 Å². The van der Waals surface area contributed by atoms with Crippen LogP contribution in [0.25, 0.3) is 0 Å². The van der Waals surface area contributed by atoms with Gasteiger partial charge in [0.1, 0.15) is 0 Å². The van der Waals surface area contributed by atoms with Crippen LogP contribution >= 0.6 is 0 Å². The highest BCUT2D eigenvalue weighted by atomic mass is 19.1. The summed E-state index contributed by atoms with van der Waals surface area (Å²) in [7, 11) is 1.80. The van der Waals surface area contributed by atoms with Crippen molar-refractivity contribution in [3.63, 3.8) is 0 Å². The molecule has 0 N–H and O–H groups in total. The number of hydrogen-bond acceptors (Lipinski definition) is 1. The van der Waals surface area contributed by atoms with Crippen LogP contribution in [0.2, 0.25) is 0 Å². The van der Waals surface area contributed by atoms with Crippen LogP contribution in [0, 0.1) is 5.95 Å². The molecule has 0 saturated heterocycles. The third-order valence-electron chi connectivity index (χ3n) is 2.07. The molecule has 2 nitrogen and oxygen atoms in total. The third kappa shape index (κ3) is 0.602. The first-order valence-electron chi connectivity index (χ1n) is 3.49. The average Bonchev–Trinajstić information content (AvgIpc) is 2.39. The fourth-order valence-electron chi connectivity index (χ4n) is 1.56. The molecule has 0 unspecified atom stereocenters. The summed E-state index contributed by atoms with van der Waals surface area (Å²) in [5.74, 6) is -0.269. The van der Waals surface area contributed by atoms with Gasteiger partial charge in [0.15, 0.2) is 0 Å². The first-order chi connectivity index (χ1) is 4.79. The van der Waals surface area contributed by atoms with Gasteiger partial charge in [-0.05, 0) is 19.3 Å². The number of rotatable bonds is 0. The zero-order chi connectivity index (χ0) is 7.14. The van der Waals surface area contributed by atoms with Crippen molar-refractivity contribution in [3.05, 3.63) is 17.2 Å². The van der Waals surface area contributed by atoms with Gasteiger partial charge in [-0.25, -0.2) is 0 Å². The normalized spacial score (nSPS) is 15.8. The number of halogens is 1. The van der Waals surface area contributed by atoms with E-state index in [9.17, 15) is 4.39 Å². The molecule has 10 heavy (non-hydrogen) atoms. The lowest BCUT2D eigenvalue weighted by atomic mass is 10.3. The quantitative estimate of drug-likeness (QED) is 0.526. The first-order valence-corrected chi connectivity index (χ1v) is 3.49. The van der Waals surface area contributed by atoms with E-state index in [2.05, 4.69) is 5.10 Å². The van der Waals surface area contributed by atoms with Gasteiger partial charge in [-0.3, -0.25) is 4.68 Å². The maximum absolute atomic E-state index is 12.8. The van der Waals surface area contributed by atoms with Crippen molar-refractivity contribution in [3.8, 4) is 0 Å². The number of aromatic nitrogens is 2. The van der Waals surface area contributed by atoms with Gasteiger partial charge in [-0.15, -0.1) is 5.10 Å². The minimum Gasteiger partial charge on any atom is -0.269 e. The van der Waals surface area contributed by atoms with Crippen molar-refractivity contribution in [1.82, 2.24) is 9.78 Å². The average molecular weight is 140 g/mol. The maximum Gasteiger partial charge on any atom is 0.236 e. The zero-order valence-electron chi connectivity index (χ0n) is 5.89. The van der Waals surface area contributed by atoms with Crippen LogP contribution in [0.4, 0.5) is 4.39 Å². The fraction of sp³-hybridized carbons (Fsp3) is 0.571.